The molecule has 20 heavy (non-hydrogen) atoms. The summed E-state index contributed by atoms with van der Waals surface area (Å²) in [6.07, 6.45) is 3.50. The number of aromatic nitrogens is 1. The van der Waals surface area contributed by atoms with Gasteiger partial charge in [0.25, 0.3) is 0 Å². The van der Waals surface area contributed by atoms with E-state index in [1.54, 1.807) is 17.3 Å². The summed E-state index contributed by atoms with van der Waals surface area (Å²) in [5.74, 6) is 0.0780. The topological polar surface area (TPSA) is 59.2 Å². The van der Waals surface area contributed by atoms with Crippen molar-refractivity contribution in [3.8, 4) is 0 Å². The Morgan fingerprint density at radius 1 is 1.25 bits per heavy atom. The summed E-state index contributed by atoms with van der Waals surface area (Å²) < 4.78 is 0. The average Bonchev–Trinajstić information content (AvgIpc) is 2.63. The van der Waals surface area contributed by atoms with Gasteiger partial charge in [-0.3, -0.25) is 9.78 Å². The number of nitrogens with two attached hydrogens (primary N) is 1. The SMILES string of the molecule is CC1(C)C(=O)N(Cc2cccnc2)c2c(N)cccc21. The molecule has 0 unspecified atom stereocenters. The minimum atomic E-state index is -0.535. The van der Waals surface area contributed by atoms with Crippen molar-refractivity contribution in [2.75, 3.05) is 10.6 Å². The largest absolute Gasteiger partial charge is 0.397 e. The molecule has 0 bridgehead atoms. The molecule has 2 aromatic rings. The van der Waals surface area contributed by atoms with E-state index in [-0.39, 0.29) is 5.91 Å². The average molecular weight is 267 g/mol. The smallest absolute Gasteiger partial charge is 0.237 e. The first-order chi connectivity index (χ1) is 9.51. The molecule has 0 fully saturated rings. The van der Waals surface area contributed by atoms with E-state index < -0.39 is 5.41 Å². The number of amides is 1. The van der Waals surface area contributed by atoms with Crippen molar-refractivity contribution in [1.82, 2.24) is 4.98 Å². The van der Waals surface area contributed by atoms with Gasteiger partial charge in [0.05, 0.1) is 23.3 Å². The van der Waals surface area contributed by atoms with E-state index in [0.29, 0.717) is 12.2 Å². The van der Waals surface area contributed by atoms with Crippen molar-refractivity contribution in [2.24, 2.45) is 0 Å². The molecule has 0 saturated carbocycles. The third-order valence-corrected chi connectivity index (χ3v) is 3.85. The van der Waals surface area contributed by atoms with Crippen LogP contribution in [0.4, 0.5) is 11.4 Å². The number of fused-ring (bicyclic) bond motifs is 1. The molecule has 4 heteroatoms. The normalized spacial score (nSPS) is 16.3. The first kappa shape index (κ1) is 12.7. The van der Waals surface area contributed by atoms with Crippen LogP contribution in [0, 0.1) is 0 Å². The van der Waals surface area contributed by atoms with Gasteiger partial charge in [-0.15, -0.1) is 0 Å². The molecule has 0 aliphatic carbocycles. The van der Waals surface area contributed by atoms with Crippen LogP contribution in [0.15, 0.2) is 42.7 Å². The molecular weight excluding hydrogens is 250 g/mol. The zero-order valence-corrected chi connectivity index (χ0v) is 11.6. The molecule has 2 N–H and O–H groups in total. The number of carbonyl (C=O) groups excluding carboxylic acids is 1. The predicted octanol–water partition coefficient (Wildman–Crippen LogP) is 2.49. The molecule has 0 spiro atoms. The van der Waals surface area contributed by atoms with Gasteiger partial charge in [0.2, 0.25) is 5.91 Å². The molecule has 1 amide bonds. The molecule has 102 valence electrons. The Morgan fingerprint density at radius 2 is 2.05 bits per heavy atom. The van der Waals surface area contributed by atoms with Gasteiger partial charge in [-0.2, -0.15) is 0 Å². The summed E-state index contributed by atoms with van der Waals surface area (Å²) >= 11 is 0. The minimum Gasteiger partial charge on any atom is -0.397 e. The highest BCUT2D eigenvalue weighted by atomic mass is 16.2. The molecule has 1 aromatic heterocycles. The lowest BCUT2D eigenvalue weighted by Crippen LogP contribution is -2.35. The summed E-state index contributed by atoms with van der Waals surface area (Å²) in [4.78, 5) is 18.6. The van der Waals surface area contributed by atoms with Crippen LogP contribution < -0.4 is 10.6 Å². The fourth-order valence-corrected chi connectivity index (χ4v) is 2.75. The van der Waals surface area contributed by atoms with Gasteiger partial charge in [0.15, 0.2) is 0 Å². The number of hydrogen-bond donors (Lipinski definition) is 1. The molecule has 0 radical (unpaired) electrons. The summed E-state index contributed by atoms with van der Waals surface area (Å²) in [6.45, 7) is 4.38. The molecule has 0 saturated heterocycles. The Hall–Kier alpha value is -2.36. The van der Waals surface area contributed by atoms with Crippen LogP contribution in [0.5, 0.6) is 0 Å². The van der Waals surface area contributed by atoms with Gasteiger partial charge in [-0.1, -0.05) is 18.2 Å². The fraction of sp³-hybridized carbons (Fsp3) is 0.250. The lowest BCUT2D eigenvalue weighted by Gasteiger charge is -2.20. The number of nitrogen functional groups attached to an aromatic ring is 1. The van der Waals surface area contributed by atoms with E-state index in [4.69, 9.17) is 5.73 Å². The zero-order valence-electron chi connectivity index (χ0n) is 11.6. The van der Waals surface area contributed by atoms with Crippen molar-refractivity contribution in [3.05, 3.63) is 53.9 Å². The second-order valence-electron chi connectivity index (χ2n) is 5.62. The highest BCUT2D eigenvalue weighted by Gasteiger charge is 2.44. The number of rotatable bonds is 2. The first-order valence-electron chi connectivity index (χ1n) is 6.61. The number of anilines is 2. The summed E-state index contributed by atoms with van der Waals surface area (Å²) in [6, 6.07) is 9.55. The van der Waals surface area contributed by atoms with Crippen molar-refractivity contribution in [2.45, 2.75) is 25.8 Å². The van der Waals surface area contributed by atoms with E-state index in [9.17, 15) is 4.79 Å². The minimum absolute atomic E-state index is 0.0780. The molecule has 3 rings (SSSR count). The van der Waals surface area contributed by atoms with Crippen molar-refractivity contribution < 1.29 is 4.79 Å². The van der Waals surface area contributed by atoms with Gasteiger partial charge in [-0.05, 0) is 37.1 Å². The van der Waals surface area contributed by atoms with Crippen LogP contribution in [0.25, 0.3) is 0 Å². The number of carbonyl (C=O) groups is 1. The van der Waals surface area contributed by atoms with Crippen molar-refractivity contribution in [1.29, 1.82) is 0 Å². The lowest BCUT2D eigenvalue weighted by molar-refractivity contribution is -0.122. The molecule has 1 aliphatic heterocycles. The van der Waals surface area contributed by atoms with Crippen LogP contribution in [0.3, 0.4) is 0 Å². The highest BCUT2D eigenvalue weighted by molar-refractivity contribution is 6.10. The van der Waals surface area contributed by atoms with E-state index in [1.807, 2.05) is 44.2 Å². The Bertz CT molecular complexity index is 665. The first-order valence-corrected chi connectivity index (χ1v) is 6.61. The standard InChI is InChI=1S/C16H17N3O/c1-16(2)12-6-3-7-13(17)14(12)19(15(16)20)10-11-5-4-8-18-9-11/h3-9H,10,17H2,1-2H3. The second kappa shape index (κ2) is 4.34. The number of hydrogen-bond acceptors (Lipinski definition) is 3. The van der Waals surface area contributed by atoms with Gasteiger partial charge in [0.1, 0.15) is 0 Å². The van der Waals surface area contributed by atoms with Gasteiger partial charge in [-0.25, -0.2) is 0 Å². The Labute approximate surface area is 118 Å². The molecule has 2 heterocycles. The number of pyridine rings is 1. The van der Waals surface area contributed by atoms with Crippen LogP contribution in [0.2, 0.25) is 0 Å². The maximum Gasteiger partial charge on any atom is 0.237 e. The molecule has 0 atom stereocenters. The zero-order chi connectivity index (χ0) is 14.3. The maximum atomic E-state index is 12.7. The van der Waals surface area contributed by atoms with E-state index in [1.165, 1.54) is 0 Å². The number of para-hydroxylation sites is 1. The summed E-state index contributed by atoms with van der Waals surface area (Å²) in [5, 5.41) is 0. The Morgan fingerprint density at radius 3 is 2.75 bits per heavy atom. The molecule has 1 aromatic carbocycles. The van der Waals surface area contributed by atoms with E-state index in [2.05, 4.69) is 4.98 Å². The van der Waals surface area contributed by atoms with Gasteiger partial charge >= 0.3 is 0 Å². The van der Waals surface area contributed by atoms with Crippen LogP contribution in [0.1, 0.15) is 25.0 Å². The van der Waals surface area contributed by atoms with Crippen LogP contribution in [-0.4, -0.2) is 10.9 Å². The van der Waals surface area contributed by atoms with Crippen molar-refractivity contribution in [3.63, 3.8) is 0 Å². The van der Waals surface area contributed by atoms with Crippen LogP contribution >= 0.6 is 0 Å². The van der Waals surface area contributed by atoms with Gasteiger partial charge < -0.3 is 10.6 Å². The third kappa shape index (κ3) is 1.76. The summed E-state index contributed by atoms with van der Waals surface area (Å²) in [7, 11) is 0. The second-order valence-corrected chi connectivity index (χ2v) is 5.62. The number of benzene rings is 1. The van der Waals surface area contributed by atoms with Crippen molar-refractivity contribution >= 4 is 17.3 Å². The van der Waals surface area contributed by atoms with E-state index >= 15 is 0 Å². The quantitative estimate of drug-likeness (QED) is 0.850. The monoisotopic (exact) mass is 267 g/mol. The van der Waals surface area contributed by atoms with Gasteiger partial charge in [0, 0.05) is 12.4 Å². The number of nitrogens with zero attached hydrogens (tertiary/aromatic N) is 2. The predicted molar refractivity (Wildman–Crippen MR) is 79.3 cm³/mol. The fourth-order valence-electron chi connectivity index (χ4n) is 2.75. The highest BCUT2D eigenvalue weighted by Crippen LogP contribution is 2.45. The van der Waals surface area contributed by atoms with Crippen LogP contribution in [-0.2, 0) is 16.8 Å². The van der Waals surface area contributed by atoms with E-state index in [0.717, 1.165) is 16.8 Å². The lowest BCUT2D eigenvalue weighted by atomic mass is 9.86. The molecular formula is C16H17N3O. The summed E-state index contributed by atoms with van der Waals surface area (Å²) in [5.41, 5.74) is 9.02. The molecule has 1 aliphatic rings. The Balaban J connectivity index is 2.08. The molecule has 4 nitrogen and oxygen atoms in total. The Kier molecular flexibility index (Phi) is 2.74. The third-order valence-electron chi connectivity index (χ3n) is 3.85. The maximum absolute atomic E-state index is 12.7.